The van der Waals surface area contributed by atoms with E-state index in [-0.39, 0.29) is 0 Å². The van der Waals surface area contributed by atoms with Gasteiger partial charge >= 0.3 is 0 Å². The molecule has 0 heterocycles. The zero-order chi connectivity index (χ0) is 6.96. The van der Waals surface area contributed by atoms with Crippen molar-refractivity contribution in [1.82, 2.24) is 0 Å². The monoisotopic (exact) mass is 147 g/mol. The predicted molar refractivity (Wildman–Crippen MR) is 40.5 cm³/mol. The van der Waals surface area contributed by atoms with Crippen LogP contribution in [0, 0.1) is 46.8 Å². The van der Waals surface area contributed by atoms with Gasteiger partial charge in [-0.15, -0.1) is 0 Å². The van der Waals surface area contributed by atoms with Gasteiger partial charge in [-0.25, -0.2) is 0 Å². The molecular weight excluding hydrogens is 134 g/mol. The predicted octanol–water partition coefficient (Wildman–Crippen LogP) is 0.703. The van der Waals surface area contributed by atoms with Crippen LogP contribution in [0.4, 0.5) is 0 Å². The highest BCUT2D eigenvalue weighted by Crippen LogP contribution is 3.06. The van der Waals surface area contributed by atoms with Crippen LogP contribution in [-0.2, 0) is 0 Å². The van der Waals surface area contributed by atoms with Crippen LogP contribution in [-0.4, -0.2) is 6.54 Å². The summed E-state index contributed by atoms with van der Waals surface area (Å²) in [6.07, 6.45) is 1.38. The van der Waals surface area contributed by atoms with E-state index < -0.39 is 0 Å². The van der Waals surface area contributed by atoms with Crippen LogP contribution in [0.25, 0.3) is 0 Å². The summed E-state index contributed by atoms with van der Waals surface area (Å²) in [7, 11) is 0. The highest BCUT2D eigenvalue weighted by Gasteiger charge is 3.03. The Labute approximate surface area is 66.3 Å². The average Bonchev–Trinajstić information content (AvgIpc) is 2.06. The standard InChI is InChI=1S/C10H13N/c11-2-1-10-7-4-3-5(7)9(10)6(3)8(4)10/h3-9H,1-2,11H2. The fraction of sp³-hybridized carbons (Fsp3) is 1.00. The third-order valence-electron chi connectivity index (χ3n) is 6.26. The highest BCUT2D eigenvalue weighted by atomic mass is 15.1. The molecule has 6 rings (SSSR count). The van der Waals surface area contributed by atoms with Gasteiger partial charge in [0.2, 0.25) is 0 Å². The van der Waals surface area contributed by atoms with Crippen molar-refractivity contribution in [1.29, 1.82) is 0 Å². The van der Waals surface area contributed by atoms with E-state index in [9.17, 15) is 0 Å². The molecule has 0 unspecified atom stereocenters. The van der Waals surface area contributed by atoms with E-state index in [2.05, 4.69) is 0 Å². The van der Waals surface area contributed by atoms with Crippen LogP contribution in [0.2, 0.25) is 0 Å². The summed E-state index contributed by atoms with van der Waals surface area (Å²) in [4.78, 5) is 0. The van der Waals surface area contributed by atoms with Crippen molar-refractivity contribution < 1.29 is 0 Å². The molecule has 6 saturated carbocycles. The Morgan fingerprint density at radius 2 is 1.45 bits per heavy atom. The lowest BCUT2D eigenvalue weighted by Crippen LogP contribution is -3.05. The second kappa shape index (κ2) is 0.953. The molecule has 6 aliphatic carbocycles. The molecule has 0 saturated heterocycles. The molecule has 0 aromatic heterocycles. The molecule has 1 heteroatoms. The van der Waals surface area contributed by atoms with E-state index in [1.165, 1.54) is 47.8 Å². The summed E-state index contributed by atoms with van der Waals surface area (Å²) in [6.45, 7) is 0.959. The maximum Gasteiger partial charge on any atom is -0.00717 e. The third-order valence-corrected chi connectivity index (χ3v) is 6.26. The maximum atomic E-state index is 5.67. The first-order chi connectivity index (χ1) is 5.43. The summed E-state index contributed by atoms with van der Waals surface area (Å²) in [5.41, 5.74) is 6.56. The lowest BCUT2D eigenvalue weighted by Gasteiger charge is -3.08. The molecular formula is C10H13N. The minimum absolute atomic E-state index is 0.892. The lowest BCUT2D eigenvalue weighted by atomic mass is 8.96. The Balaban J connectivity index is 1.64. The van der Waals surface area contributed by atoms with E-state index in [1.54, 1.807) is 0 Å². The first-order valence-corrected chi connectivity index (χ1v) is 5.13. The van der Waals surface area contributed by atoms with Gasteiger partial charge in [-0.3, -0.25) is 0 Å². The Morgan fingerprint density at radius 3 is 1.91 bits per heavy atom. The van der Waals surface area contributed by atoms with Gasteiger partial charge in [0, 0.05) is 0 Å². The minimum atomic E-state index is 0.892. The van der Waals surface area contributed by atoms with Gasteiger partial charge < -0.3 is 5.73 Å². The molecule has 58 valence electrons. The van der Waals surface area contributed by atoms with Crippen LogP contribution < -0.4 is 5.73 Å². The second-order valence-corrected chi connectivity index (χ2v) is 5.54. The van der Waals surface area contributed by atoms with Crippen LogP contribution in [0.3, 0.4) is 0 Å². The molecule has 0 spiro atoms. The van der Waals surface area contributed by atoms with Gasteiger partial charge in [0.25, 0.3) is 0 Å². The van der Waals surface area contributed by atoms with Gasteiger partial charge in [-0.2, -0.15) is 0 Å². The first kappa shape index (κ1) is 4.86. The van der Waals surface area contributed by atoms with Crippen LogP contribution in [0.5, 0.6) is 0 Å². The molecule has 0 amide bonds. The quantitative estimate of drug-likeness (QED) is 0.611. The largest absolute Gasteiger partial charge is 0.330 e. The first-order valence-electron chi connectivity index (χ1n) is 5.13. The summed E-state index contributed by atoms with van der Waals surface area (Å²) in [6, 6.07) is 0. The van der Waals surface area contributed by atoms with E-state index in [0.29, 0.717) is 0 Å². The summed E-state index contributed by atoms with van der Waals surface area (Å²) >= 11 is 0. The number of rotatable bonds is 2. The van der Waals surface area contributed by atoms with Crippen LogP contribution >= 0.6 is 0 Å². The third kappa shape index (κ3) is 0.188. The summed E-state index contributed by atoms with van der Waals surface area (Å²) in [5, 5.41) is 0. The van der Waals surface area contributed by atoms with Crippen molar-refractivity contribution in [2.24, 2.45) is 52.6 Å². The molecule has 0 aromatic carbocycles. The molecule has 0 aromatic rings. The molecule has 1 nitrogen and oxygen atoms in total. The SMILES string of the molecule is NCCC12C3C4C5C3C1C5C42. The zero-order valence-electron chi connectivity index (χ0n) is 6.53. The van der Waals surface area contributed by atoms with E-state index in [4.69, 9.17) is 5.73 Å². The molecule has 11 heavy (non-hydrogen) atoms. The fourth-order valence-corrected chi connectivity index (χ4v) is 6.42. The molecule has 0 aliphatic heterocycles. The van der Waals surface area contributed by atoms with Gasteiger partial charge in [-0.05, 0) is 59.8 Å². The Hall–Kier alpha value is -0.0400. The summed E-state index contributed by atoms with van der Waals surface area (Å²) < 4.78 is 0. The number of hydrogen-bond donors (Lipinski definition) is 1. The second-order valence-electron chi connectivity index (χ2n) is 5.54. The normalized spacial score (nSPS) is 88.6. The van der Waals surface area contributed by atoms with E-state index in [0.717, 1.165) is 12.0 Å². The van der Waals surface area contributed by atoms with Crippen molar-refractivity contribution in [3.8, 4) is 0 Å². The Bertz CT molecular complexity index is 232. The van der Waals surface area contributed by atoms with Crippen molar-refractivity contribution in [3.05, 3.63) is 0 Å². The molecule has 0 radical (unpaired) electrons. The molecule has 6 fully saturated rings. The highest BCUT2D eigenvalue weighted by molar-refractivity contribution is 5.49. The fourth-order valence-electron chi connectivity index (χ4n) is 6.42. The van der Waals surface area contributed by atoms with Crippen molar-refractivity contribution in [2.45, 2.75) is 6.42 Å². The van der Waals surface area contributed by atoms with Gasteiger partial charge in [0.1, 0.15) is 0 Å². The minimum Gasteiger partial charge on any atom is -0.330 e. The van der Waals surface area contributed by atoms with Gasteiger partial charge in [0.15, 0.2) is 0 Å². The van der Waals surface area contributed by atoms with Gasteiger partial charge in [-0.1, -0.05) is 0 Å². The molecule has 0 bridgehead atoms. The number of nitrogens with two attached hydrogens (primary N) is 1. The topological polar surface area (TPSA) is 26.0 Å². The van der Waals surface area contributed by atoms with Crippen molar-refractivity contribution in [2.75, 3.05) is 6.54 Å². The Kier molecular flexibility index (Phi) is 0.421. The van der Waals surface area contributed by atoms with E-state index in [1.807, 2.05) is 0 Å². The van der Waals surface area contributed by atoms with Gasteiger partial charge in [0.05, 0.1) is 0 Å². The number of hydrogen-bond acceptors (Lipinski definition) is 1. The summed E-state index contributed by atoms with van der Waals surface area (Å²) in [5.74, 6) is 8.68. The van der Waals surface area contributed by atoms with E-state index >= 15 is 0 Å². The van der Waals surface area contributed by atoms with Crippen molar-refractivity contribution in [3.63, 3.8) is 0 Å². The Morgan fingerprint density at radius 1 is 0.909 bits per heavy atom. The lowest BCUT2D eigenvalue weighted by molar-refractivity contribution is -0.615. The molecule has 2 N–H and O–H groups in total. The maximum absolute atomic E-state index is 5.67. The van der Waals surface area contributed by atoms with Crippen LogP contribution in [0.1, 0.15) is 6.42 Å². The average molecular weight is 147 g/mol. The zero-order valence-corrected chi connectivity index (χ0v) is 6.53. The molecule has 0 atom stereocenters. The molecule has 6 aliphatic rings. The van der Waals surface area contributed by atoms with Crippen molar-refractivity contribution >= 4 is 0 Å². The smallest absolute Gasteiger partial charge is 0.00717 e. The van der Waals surface area contributed by atoms with Crippen LogP contribution in [0.15, 0.2) is 0 Å².